The van der Waals surface area contributed by atoms with Crippen molar-refractivity contribution < 1.29 is 9.51 Å². The van der Waals surface area contributed by atoms with Gasteiger partial charge in [-0.3, -0.25) is 0 Å². The van der Waals surface area contributed by atoms with Crippen LogP contribution in [-0.2, 0) is 9.51 Å². The van der Waals surface area contributed by atoms with Gasteiger partial charge in [-0.2, -0.15) is 0 Å². The molecule has 0 aromatic heterocycles. The molecule has 0 aromatic carbocycles. The van der Waals surface area contributed by atoms with E-state index in [1.165, 1.54) is 64.2 Å². The van der Waals surface area contributed by atoms with Crippen LogP contribution in [0.3, 0.4) is 0 Å². The summed E-state index contributed by atoms with van der Waals surface area (Å²) in [6.07, 6.45) is 15.2. The molecule has 0 atom stereocenters. The van der Waals surface area contributed by atoms with Crippen molar-refractivity contribution >= 4 is 32.7 Å². The molecule has 0 saturated carbocycles. The summed E-state index contributed by atoms with van der Waals surface area (Å²) in [7, 11) is -2.48. The fourth-order valence-corrected chi connectivity index (χ4v) is 8.15. The third-order valence-corrected chi connectivity index (χ3v) is 13.2. The summed E-state index contributed by atoms with van der Waals surface area (Å²) < 4.78 is 21.8. The summed E-state index contributed by atoms with van der Waals surface area (Å²) in [4.78, 5) is 0. The third-order valence-electron chi connectivity index (χ3n) is 3.39. The standard InChI is InChI=1S/C13H29O3P.Pb/c1-2-3-4-5-6-7-8-9-10-11-12-13-17(14,15)16;/h2-13H2,1H3,(H2,14,15,16);/q;+2/p-2. The second kappa shape index (κ2) is 10.8. The number of rotatable bonds is 12. The van der Waals surface area contributed by atoms with Crippen molar-refractivity contribution in [3.63, 3.8) is 0 Å². The first kappa shape index (κ1) is 17.1. The predicted octanol–water partition coefficient (Wildman–Crippen LogP) is 5.07. The van der Waals surface area contributed by atoms with Gasteiger partial charge >= 0.3 is 106 Å². The van der Waals surface area contributed by atoms with E-state index in [1.807, 2.05) is 0 Å². The topological polar surface area (TPSA) is 35.5 Å². The average molecular weight is 470 g/mol. The van der Waals surface area contributed by atoms with Crippen molar-refractivity contribution in [3.8, 4) is 0 Å². The Bertz CT molecular complexity index is 240. The van der Waals surface area contributed by atoms with Gasteiger partial charge in [-0.1, -0.05) is 19.8 Å². The summed E-state index contributed by atoms with van der Waals surface area (Å²) in [5.41, 5.74) is 0. The van der Waals surface area contributed by atoms with Crippen molar-refractivity contribution in [2.24, 2.45) is 0 Å². The Balaban J connectivity index is 1.72. The number of hydrogen-bond donors (Lipinski definition) is 0. The summed E-state index contributed by atoms with van der Waals surface area (Å²) in [6, 6.07) is 0. The van der Waals surface area contributed by atoms with Gasteiger partial charge < -0.3 is 0 Å². The Kier molecular flexibility index (Phi) is 10.3. The van der Waals surface area contributed by atoms with E-state index >= 15 is 0 Å². The normalized spacial score (nSPS) is 17.6. The van der Waals surface area contributed by atoms with E-state index in [0.29, 0.717) is 6.16 Å². The van der Waals surface area contributed by atoms with Crippen LogP contribution in [0.4, 0.5) is 0 Å². The van der Waals surface area contributed by atoms with Crippen LogP contribution in [0.25, 0.3) is 0 Å². The molecule has 1 saturated heterocycles. The van der Waals surface area contributed by atoms with Gasteiger partial charge in [0.05, 0.1) is 0 Å². The van der Waals surface area contributed by atoms with E-state index in [0.717, 1.165) is 6.42 Å². The first-order valence-corrected chi connectivity index (χ1v) is 12.4. The molecule has 0 aromatic rings. The van der Waals surface area contributed by atoms with Crippen molar-refractivity contribution in [1.82, 2.24) is 0 Å². The van der Waals surface area contributed by atoms with E-state index < -0.39 is 32.7 Å². The number of unbranched alkanes of at least 4 members (excludes halogenated alkanes) is 10. The van der Waals surface area contributed by atoms with Gasteiger partial charge in [-0.05, 0) is 0 Å². The van der Waals surface area contributed by atoms with Gasteiger partial charge in [-0.15, -0.1) is 0 Å². The van der Waals surface area contributed by atoms with Gasteiger partial charge in [0, 0.05) is 0 Å². The van der Waals surface area contributed by atoms with Crippen molar-refractivity contribution in [1.29, 1.82) is 0 Å². The second-order valence-corrected chi connectivity index (χ2v) is 12.1. The Labute approximate surface area is 125 Å². The molecule has 1 rings (SSSR count). The zero-order chi connectivity index (χ0) is 13.1. The molecule has 1 heterocycles. The fraction of sp³-hybridized carbons (Fsp3) is 1.00. The van der Waals surface area contributed by atoms with Crippen LogP contribution in [-0.4, -0.2) is 31.3 Å². The molecular formula is C13H27O3PPb. The Hall–Kier alpha value is 1.07. The van der Waals surface area contributed by atoms with Crippen LogP contribution >= 0.6 is 7.60 Å². The van der Waals surface area contributed by atoms with Gasteiger partial charge in [0.15, 0.2) is 0 Å². The van der Waals surface area contributed by atoms with Gasteiger partial charge in [-0.25, -0.2) is 0 Å². The molecule has 106 valence electrons. The van der Waals surface area contributed by atoms with Crippen LogP contribution in [0, 0.1) is 0 Å². The van der Waals surface area contributed by atoms with Gasteiger partial charge in [0.1, 0.15) is 0 Å². The summed E-state index contributed by atoms with van der Waals surface area (Å²) >= 11 is -1.24. The maximum atomic E-state index is 11.5. The summed E-state index contributed by atoms with van der Waals surface area (Å²) in [5, 5.41) is 0. The van der Waals surface area contributed by atoms with Crippen molar-refractivity contribution in [2.45, 2.75) is 77.6 Å². The molecule has 1 aliphatic heterocycles. The molecule has 0 amide bonds. The molecule has 18 heavy (non-hydrogen) atoms. The van der Waals surface area contributed by atoms with Crippen LogP contribution in [0.2, 0.25) is 0 Å². The molecule has 0 N–H and O–H groups in total. The third kappa shape index (κ3) is 8.28. The molecular weight excluding hydrogens is 442 g/mol. The second-order valence-electron chi connectivity index (χ2n) is 5.14. The molecule has 0 spiro atoms. The van der Waals surface area contributed by atoms with E-state index in [4.69, 9.17) is 4.95 Å². The zero-order valence-corrected chi connectivity index (χ0v) is 16.4. The first-order chi connectivity index (χ1) is 8.77. The average Bonchev–Trinajstić information content (AvgIpc) is 2.34. The van der Waals surface area contributed by atoms with E-state index in [2.05, 4.69) is 6.92 Å². The molecule has 2 radical (unpaired) electrons. The van der Waals surface area contributed by atoms with Crippen molar-refractivity contribution in [3.05, 3.63) is 0 Å². The SMILES string of the molecule is CCCCCCCCCCCCCP1(=O)[O][Pb][O]1. The van der Waals surface area contributed by atoms with E-state index in [1.54, 1.807) is 0 Å². The van der Waals surface area contributed by atoms with Gasteiger partial charge in [0.2, 0.25) is 0 Å². The fourth-order valence-electron chi connectivity index (χ4n) is 2.18. The van der Waals surface area contributed by atoms with E-state index in [-0.39, 0.29) is 0 Å². The number of hydrogen-bond acceptors (Lipinski definition) is 3. The monoisotopic (exact) mass is 470 g/mol. The molecule has 1 fully saturated rings. The minimum atomic E-state index is -2.48. The maximum absolute atomic E-state index is 11.5. The molecule has 1 aliphatic rings. The molecule has 3 nitrogen and oxygen atoms in total. The van der Waals surface area contributed by atoms with Crippen LogP contribution in [0.1, 0.15) is 77.6 Å². The van der Waals surface area contributed by atoms with E-state index in [9.17, 15) is 4.57 Å². The Morgan fingerprint density at radius 1 is 0.778 bits per heavy atom. The van der Waals surface area contributed by atoms with Crippen LogP contribution in [0.5, 0.6) is 0 Å². The molecule has 5 heteroatoms. The summed E-state index contributed by atoms with van der Waals surface area (Å²) in [5.74, 6) is 0. The predicted molar refractivity (Wildman–Crippen MR) is 76.9 cm³/mol. The van der Waals surface area contributed by atoms with Gasteiger partial charge in [0.25, 0.3) is 0 Å². The molecule has 0 aliphatic carbocycles. The Morgan fingerprint density at radius 2 is 1.22 bits per heavy atom. The van der Waals surface area contributed by atoms with Crippen molar-refractivity contribution in [2.75, 3.05) is 6.16 Å². The minimum absolute atomic E-state index is 0.664. The Morgan fingerprint density at radius 3 is 1.61 bits per heavy atom. The quantitative estimate of drug-likeness (QED) is 0.227. The van der Waals surface area contributed by atoms with Crippen LogP contribution < -0.4 is 0 Å². The molecule has 0 bridgehead atoms. The zero-order valence-electron chi connectivity index (χ0n) is 11.7. The first-order valence-electron chi connectivity index (χ1n) is 7.48. The summed E-state index contributed by atoms with van der Waals surface area (Å²) in [6.45, 7) is 2.26. The van der Waals surface area contributed by atoms with Crippen LogP contribution in [0.15, 0.2) is 0 Å². The molecule has 0 unspecified atom stereocenters.